The van der Waals surface area contributed by atoms with E-state index >= 15 is 0 Å². The Morgan fingerprint density at radius 1 is 1.17 bits per heavy atom. The van der Waals surface area contributed by atoms with E-state index < -0.39 is 24.7 Å². The first-order valence-electron chi connectivity index (χ1n) is 5.36. The van der Waals surface area contributed by atoms with Crippen LogP contribution in [0.3, 0.4) is 0 Å². The zero-order valence-corrected chi connectivity index (χ0v) is 13.2. The Labute approximate surface area is 109 Å². The minimum Gasteiger partial charge on any atom is -0.377 e. The van der Waals surface area contributed by atoms with Gasteiger partial charge in [0.1, 0.15) is 0 Å². The van der Waals surface area contributed by atoms with Crippen LogP contribution in [0.2, 0.25) is 6.04 Å². The van der Waals surface area contributed by atoms with Gasteiger partial charge in [-0.05, 0) is 6.42 Å². The van der Waals surface area contributed by atoms with E-state index in [2.05, 4.69) is 0 Å². The van der Waals surface area contributed by atoms with Crippen molar-refractivity contribution in [1.82, 2.24) is 4.31 Å². The summed E-state index contributed by atoms with van der Waals surface area (Å²) >= 11 is 0. The second-order valence-corrected chi connectivity index (χ2v) is 8.75. The van der Waals surface area contributed by atoms with Gasteiger partial charge in [0.15, 0.2) is 0 Å². The van der Waals surface area contributed by atoms with E-state index in [1.165, 1.54) is 28.3 Å². The van der Waals surface area contributed by atoms with Crippen LogP contribution in [0, 0.1) is 0 Å². The van der Waals surface area contributed by atoms with E-state index in [4.69, 9.17) is 13.3 Å². The molecule has 0 bridgehead atoms. The third kappa shape index (κ3) is 5.02. The summed E-state index contributed by atoms with van der Waals surface area (Å²) in [7, 11) is -1.78. The first kappa shape index (κ1) is 17.5. The number of carbonyl (C=O) groups excluding carboxylic acids is 1. The van der Waals surface area contributed by atoms with Gasteiger partial charge in [-0.1, -0.05) is 0 Å². The van der Waals surface area contributed by atoms with Gasteiger partial charge in [-0.15, -0.1) is 0 Å². The summed E-state index contributed by atoms with van der Waals surface area (Å²) < 4.78 is 39.2. The van der Waals surface area contributed by atoms with Crippen molar-refractivity contribution in [3.05, 3.63) is 0 Å². The Morgan fingerprint density at radius 3 is 1.89 bits per heavy atom. The summed E-state index contributed by atoms with van der Waals surface area (Å²) in [5.74, 6) is -0.503. The highest BCUT2D eigenvalue weighted by Gasteiger charge is 2.37. The fourth-order valence-electron chi connectivity index (χ4n) is 1.55. The van der Waals surface area contributed by atoms with Crippen LogP contribution < -0.4 is 0 Å². The van der Waals surface area contributed by atoms with E-state index in [1.54, 1.807) is 0 Å². The van der Waals surface area contributed by atoms with E-state index in [-0.39, 0.29) is 6.54 Å². The van der Waals surface area contributed by atoms with Crippen molar-refractivity contribution in [3.63, 3.8) is 0 Å². The lowest BCUT2D eigenvalue weighted by atomic mass is 10.5. The summed E-state index contributed by atoms with van der Waals surface area (Å²) in [5.41, 5.74) is 0. The van der Waals surface area contributed by atoms with E-state index in [0.717, 1.165) is 10.6 Å². The molecule has 0 spiro atoms. The van der Waals surface area contributed by atoms with Crippen molar-refractivity contribution in [3.8, 4) is 0 Å². The monoisotopic (exact) mass is 299 g/mol. The van der Waals surface area contributed by atoms with Crippen LogP contribution in [0.5, 0.6) is 0 Å². The SMILES string of the molecule is CO[Si](CCCN(C(C)=O)S(C)(=O)=O)(OC)OC. The lowest BCUT2D eigenvalue weighted by Crippen LogP contribution is -2.44. The highest BCUT2D eigenvalue weighted by Crippen LogP contribution is 2.16. The number of amides is 1. The van der Waals surface area contributed by atoms with Crippen molar-refractivity contribution in [2.24, 2.45) is 0 Å². The Kier molecular flexibility index (Phi) is 7.00. The zero-order chi connectivity index (χ0) is 14.4. The molecular weight excluding hydrogens is 278 g/mol. The first-order valence-corrected chi connectivity index (χ1v) is 9.14. The third-order valence-corrected chi connectivity index (χ3v) is 6.60. The van der Waals surface area contributed by atoms with Gasteiger partial charge in [0, 0.05) is 40.8 Å². The molecule has 0 aromatic carbocycles. The van der Waals surface area contributed by atoms with Gasteiger partial charge in [-0.25, -0.2) is 12.7 Å². The van der Waals surface area contributed by atoms with Crippen LogP contribution in [-0.4, -0.2) is 61.6 Å². The molecule has 0 saturated heterocycles. The lowest BCUT2D eigenvalue weighted by Gasteiger charge is -2.25. The van der Waals surface area contributed by atoms with Crippen molar-refractivity contribution in [2.45, 2.75) is 19.4 Å². The maximum atomic E-state index is 11.4. The molecule has 9 heteroatoms. The second kappa shape index (κ2) is 7.19. The standard InChI is InChI=1S/C9H21NO6SSi/c1-9(11)10(17(5,12)13)7-6-8-18(14-2,15-3)16-4/h6-8H2,1-5H3. The number of rotatable bonds is 8. The maximum Gasteiger partial charge on any atom is 0.500 e. The van der Waals surface area contributed by atoms with Crippen LogP contribution in [0.1, 0.15) is 13.3 Å². The van der Waals surface area contributed by atoms with Crippen molar-refractivity contribution >= 4 is 24.7 Å². The van der Waals surface area contributed by atoms with Gasteiger partial charge in [-0.2, -0.15) is 0 Å². The third-order valence-electron chi connectivity index (χ3n) is 2.53. The molecule has 0 atom stereocenters. The van der Waals surface area contributed by atoms with Gasteiger partial charge in [0.25, 0.3) is 0 Å². The Balaban J connectivity index is 4.52. The fraction of sp³-hybridized carbons (Fsp3) is 0.889. The molecule has 0 aliphatic heterocycles. The molecule has 0 aromatic heterocycles. The Bertz CT molecular complexity index is 359. The van der Waals surface area contributed by atoms with Gasteiger partial charge in [0.05, 0.1) is 6.26 Å². The minimum absolute atomic E-state index is 0.0962. The molecule has 0 radical (unpaired) electrons. The van der Waals surface area contributed by atoms with Crippen molar-refractivity contribution < 1.29 is 26.5 Å². The minimum atomic E-state index is -3.53. The molecule has 0 rings (SSSR count). The smallest absolute Gasteiger partial charge is 0.377 e. The highest BCUT2D eigenvalue weighted by atomic mass is 32.2. The molecule has 0 aromatic rings. The summed E-state index contributed by atoms with van der Waals surface area (Å²) in [6.45, 7) is 1.31. The molecule has 7 nitrogen and oxygen atoms in total. The molecule has 0 aliphatic rings. The summed E-state index contributed by atoms with van der Waals surface area (Å²) in [5, 5.41) is 0. The topological polar surface area (TPSA) is 82.1 Å². The van der Waals surface area contributed by atoms with Crippen molar-refractivity contribution in [1.29, 1.82) is 0 Å². The molecule has 0 fully saturated rings. The largest absolute Gasteiger partial charge is 0.500 e. The molecule has 0 heterocycles. The highest BCUT2D eigenvalue weighted by molar-refractivity contribution is 7.88. The van der Waals surface area contributed by atoms with Gasteiger partial charge >= 0.3 is 8.80 Å². The van der Waals surface area contributed by atoms with Crippen LogP contribution >= 0.6 is 0 Å². The van der Waals surface area contributed by atoms with E-state index in [9.17, 15) is 13.2 Å². The predicted molar refractivity (Wildman–Crippen MR) is 68.4 cm³/mol. The first-order chi connectivity index (χ1) is 8.22. The molecular formula is C9H21NO6SSi. The molecule has 0 N–H and O–H groups in total. The Morgan fingerprint density at radius 2 is 1.61 bits per heavy atom. The molecule has 108 valence electrons. The Hall–Kier alpha value is -0.483. The number of carbonyl (C=O) groups is 1. The zero-order valence-electron chi connectivity index (χ0n) is 11.4. The van der Waals surface area contributed by atoms with E-state index in [1.807, 2.05) is 0 Å². The van der Waals surface area contributed by atoms with Crippen LogP contribution in [0.4, 0.5) is 0 Å². The number of hydrogen-bond donors (Lipinski definition) is 0. The van der Waals surface area contributed by atoms with E-state index in [0.29, 0.717) is 12.5 Å². The second-order valence-electron chi connectivity index (χ2n) is 3.75. The quantitative estimate of drug-likeness (QED) is 0.590. The maximum absolute atomic E-state index is 11.4. The normalized spacial score (nSPS) is 12.5. The summed E-state index contributed by atoms with van der Waals surface area (Å²) in [6, 6.07) is 0.440. The van der Waals surface area contributed by atoms with Crippen LogP contribution in [-0.2, 0) is 28.1 Å². The average molecular weight is 299 g/mol. The summed E-state index contributed by atoms with van der Waals surface area (Å²) in [6.07, 6.45) is 1.43. The molecule has 0 unspecified atom stereocenters. The molecule has 0 aliphatic carbocycles. The predicted octanol–water partition coefficient (Wildman–Crippen LogP) is 0.0627. The lowest BCUT2D eigenvalue weighted by molar-refractivity contribution is -0.124. The molecule has 18 heavy (non-hydrogen) atoms. The van der Waals surface area contributed by atoms with Gasteiger partial charge < -0.3 is 13.3 Å². The number of hydrogen-bond acceptors (Lipinski definition) is 6. The molecule has 1 amide bonds. The summed E-state index contributed by atoms with van der Waals surface area (Å²) in [4.78, 5) is 11.2. The van der Waals surface area contributed by atoms with Crippen LogP contribution in [0.25, 0.3) is 0 Å². The number of nitrogens with zero attached hydrogens (tertiary/aromatic N) is 1. The van der Waals surface area contributed by atoms with Crippen molar-refractivity contribution in [2.75, 3.05) is 34.1 Å². The van der Waals surface area contributed by atoms with Crippen LogP contribution in [0.15, 0.2) is 0 Å². The number of sulfonamides is 1. The fourth-order valence-corrected chi connectivity index (χ4v) is 4.18. The molecule has 0 saturated carbocycles. The van der Waals surface area contributed by atoms with Gasteiger partial charge in [-0.3, -0.25) is 4.79 Å². The average Bonchev–Trinajstić information content (AvgIpc) is 2.28. The van der Waals surface area contributed by atoms with Gasteiger partial charge in [0.2, 0.25) is 15.9 Å².